The number of nitrogens with one attached hydrogen (secondary N) is 1. The van der Waals surface area contributed by atoms with Crippen LogP contribution in [-0.2, 0) is 6.54 Å². The van der Waals surface area contributed by atoms with Gasteiger partial charge in [-0.2, -0.15) is 0 Å². The van der Waals surface area contributed by atoms with Gasteiger partial charge in [-0.1, -0.05) is 6.92 Å². The van der Waals surface area contributed by atoms with Crippen LogP contribution in [0.5, 0.6) is 0 Å². The molecule has 0 radical (unpaired) electrons. The van der Waals surface area contributed by atoms with Gasteiger partial charge in [0.15, 0.2) is 17.5 Å². The number of aryl methyl sites for hydroxylation is 1. The number of halogens is 3. The Hall–Kier alpha value is -1.98. The van der Waals surface area contributed by atoms with E-state index < -0.39 is 17.5 Å². The van der Waals surface area contributed by atoms with E-state index in [1.165, 1.54) is 0 Å². The van der Waals surface area contributed by atoms with Gasteiger partial charge < -0.3 is 9.88 Å². The lowest BCUT2D eigenvalue weighted by Crippen LogP contribution is -2.05. The Morgan fingerprint density at radius 1 is 1.22 bits per heavy atom. The first-order valence-electron chi connectivity index (χ1n) is 5.55. The van der Waals surface area contributed by atoms with E-state index in [4.69, 9.17) is 0 Å². The maximum atomic E-state index is 13.5. The van der Waals surface area contributed by atoms with Crippen LogP contribution in [0.25, 0.3) is 0 Å². The maximum absolute atomic E-state index is 13.5. The molecule has 18 heavy (non-hydrogen) atoms. The van der Waals surface area contributed by atoms with E-state index in [9.17, 15) is 13.2 Å². The molecule has 0 bridgehead atoms. The van der Waals surface area contributed by atoms with Gasteiger partial charge in [0.05, 0.1) is 5.69 Å². The molecule has 6 heteroatoms. The first-order valence-corrected chi connectivity index (χ1v) is 5.55. The standard InChI is InChI=1S/C12H12F3N3/c1-2-6-18-7-5-16-12(18)17-9-4-3-8(13)10(14)11(9)15/h3-5,7H,2,6H2,1H3,(H,16,17). The van der Waals surface area contributed by atoms with Gasteiger partial charge in [0.25, 0.3) is 0 Å². The minimum absolute atomic E-state index is 0.141. The lowest BCUT2D eigenvalue weighted by atomic mass is 10.3. The van der Waals surface area contributed by atoms with Crippen LogP contribution in [0.15, 0.2) is 24.5 Å². The van der Waals surface area contributed by atoms with Crippen molar-refractivity contribution in [3.8, 4) is 0 Å². The predicted molar refractivity (Wildman–Crippen MR) is 62.1 cm³/mol. The molecule has 0 aliphatic rings. The molecule has 1 aromatic carbocycles. The van der Waals surface area contributed by atoms with Gasteiger partial charge in [-0.3, -0.25) is 0 Å². The van der Waals surface area contributed by atoms with Crippen LogP contribution < -0.4 is 5.32 Å². The Balaban J connectivity index is 2.29. The number of hydrogen-bond donors (Lipinski definition) is 1. The molecule has 0 amide bonds. The number of hydrogen-bond acceptors (Lipinski definition) is 2. The van der Waals surface area contributed by atoms with Crippen molar-refractivity contribution in [2.45, 2.75) is 19.9 Å². The number of imidazole rings is 1. The van der Waals surface area contributed by atoms with Crippen molar-refractivity contribution in [1.82, 2.24) is 9.55 Å². The molecule has 0 saturated heterocycles. The average Bonchev–Trinajstić information content (AvgIpc) is 2.78. The minimum atomic E-state index is -1.49. The highest BCUT2D eigenvalue weighted by Gasteiger charge is 2.14. The highest BCUT2D eigenvalue weighted by molar-refractivity contribution is 5.54. The van der Waals surface area contributed by atoms with Crippen molar-refractivity contribution in [1.29, 1.82) is 0 Å². The zero-order valence-corrected chi connectivity index (χ0v) is 9.75. The summed E-state index contributed by atoms with van der Waals surface area (Å²) in [6, 6.07) is 2.01. The van der Waals surface area contributed by atoms with Crippen LogP contribution in [0.1, 0.15) is 13.3 Å². The molecule has 0 spiro atoms. The Labute approximate surface area is 102 Å². The smallest absolute Gasteiger partial charge is 0.207 e. The SMILES string of the molecule is CCCn1ccnc1Nc1ccc(F)c(F)c1F. The van der Waals surface area contributed by atoms with Gasteiger partial charge in [0, 0.05) is 18.9 Å². The minimum Gasteiger partial charge on any atom is -0.323 e. The zero-order chi connectivity index (χ0) is 13.1. The molecule has 0 saturated carbocycles. The molecule has 1 N–H and O–H groups in total. The topological polar surface area (TPSA) is 29.9 Å². The van der Waals surface area contributed by atoms with Gasteiger partial charge in [0.1, 0.15) is 0 Å². The molecule has 0 unspecified atom stereocenters. The van der Waals surface area contributed by atoms with Gasteiger partial charge in [0.2, 0.25) is 5.95 Å². The molecule has 0 fully saturated rings. The summed E-state index contributed by atoms with van der Waals surface area (Å²) < 4.78 is 41.0. The molecular formula is C12H12F3N3. The third kappa shape index (κ3) is 2.32. The molecule has 0 aliphatic heterocycles. The van der Waals surface area contributed by atoms with E-state index in [-0.39, 0.29) is 5.69 Å². The molecule has 2 aromatic rings. The summed E-state index contributed by atoms with van der Waals surface area (Å²) >= 11 is 0. The van der Waals surface area contributed by atoms with Crippen LogP contribution in [0.4, 0.5) is 24.8 Å². The van der Waals surface area contributed by atoms with Crippen LogP contribution in [-0.4, -0.2) is 9.55 Å². The van der Waals surface area contributed by atoms with Gasteiger partial charge in [-0.25, -0.2) is 18.2 Å². The second-order valence-corrected chi connectivity index (χ2v) is 3.79. The fourth-order valence-corrected chi connectivity index (χ4v) is 1.60. The summed E-state index contributed by atoms with van der Waals surface area (Å²) in [7, 11) is 0. The molecule has 3 nitrogen and oxygen atoms in total. The van der Waals surface area contributed by atoms with E-state index >= 15 is 0 Å². The largest absolute Gasteiger partial charge is 0.323 e. The third-order valence-electron chi connectivity index (χ3n) is 2.46. The molecular weight excluding hydrogens is 243 g/mol. The lowest BCUT2D eigenvalue weighted by molar-refractivity contribution is 0.449. The van der Waals surface area contributed by atoms with E-state index in [0.29, 0.717) is 12.5 Å². The van der Waals surface area contributed by atoms with Crippen molar-refractivity contribution in [3.05, 3.63) is 42.0 Å². The van der Waals surface area contributed by atoms with Crippen LogP contribution in [0, 0.1) is 17.5 Å². The van der Waals surface area contributed by atoms with E-state index in [2.05, 4.69) is 10.3 Å². The van der Waals surface area contributed by atoms with Crippen LogP contribution in [0.3, 0.4) is 0 Å². The van der Waals surface area contributed by atoms with E-state index in [0.717, 1.165) is 18.6 Å². The van der Waals surface area contributed by atoms with Crippen molar-refractivity contribution < 1.29 is 13.2 Å². The maximum Gasteiger partial charge on any atom is 0.207 e. The normalized spacial score (nSPS) is 10.7. The summed E-state index contributed by atoms with van der Waals surface area (Å²) in [6.45, 7) is 2.69. The summed E-state index contributed by atoms with van der Waals surface area (Å²) in [5.74, 6) is -3.56. The predicted octanol–water partition coefficient (Wildman–Crippen LogP) is 3.45. The fraction of sp³-hybridized carbons (Fsp3) is 0.250. The third-order valence-corrected chi connectivity index (χ3v) is 2.46. The number of anilines is 2. The Bertz CT molecular complexity index is 551. The second kappa shape index (κ2) is 5.12. The molecule has 1 aromatic heterocycles. The summed E-state index contributed by atoms with van der Waals surface area (Å²) in [5.41, 5.74) is -0.141. The Kier molecular flexibility index (Phi) is 3.55. The highest BCUT2D eigenvalue weighted by Crippen LogP contribution is 2.22. The fourth-order valence-electron chi connectivity index (χ4n) is 1.60. The quantitative estimate of drug-likeness (QED) is 0.848. The molecule has 2 rings (SSSR count). The van der Waals surface area contributed by atoms with Crippen molar-refractivity contribution in [3.63, 3.8) is 0 Å². The number of aromatic nitrogens is 2. The van der Waals surface area contributed by atoms with Crippen LogP contribution >= 0.6 is 0 Å². The monoisotopic (exact) mass is 255 g/mol. The summed E-state index contributed by atoms with van der Waals surface area (Å²) in [6.07, 6.45) is 4.16. The van der Waals surface area contributed by atoms with Crippen molar-refractivity contribution in [2.24, 2.45) is 0 Å². The van der Waals surface area contributed by atoms with E-state index in [1.54, 1.807) is 17.0 Å². The summed E-state index contributed by atoms with van der Waals surface area (Å²) in [4.78, 5) is 3.99. The van der Waals surface area contributed by atoms with Crippen LogP contribution in [0.2, 0.25) is 0 Å². The van der Waals surface area contributed by atoms with Gasteiger partial charge >= 0.3 is 0 Å². The first-order chi connectivity index (χ1) is 8.63. The molecule has 1 heterocycles. The molecule has 0 atom stereocenters. The number of rotatable bonds is 4. The highest BCUT2D eigenvalue weighted by atomic mass is 19.2. The number of benzene rings is 1. The molecule has 0 aliphatic carbocycles. The van der Waals surface area contributed by atoms with Gasteiger partial charge in [-0.15, -0.1) is 0 Å². The Morgan fingerprint density at radius 2 is 2.00 bits per heavy atom. The Morgan fingerprint density at radius 3 is 2.72 bits per heavy atom. The first kappa shape index (κ1) is 12.5. The average molecular weight is 255 g/mol. The zero-order valence-electron chi connectivity index (χ0n) is 9.75. The van der Waals surface area contributed by atoms with Crippen molar-refractivity contribution in [2.75, 3.05) is 5.32 Å². The lowest BCUT2D eigenvalue weighted by Gasteiger charge is -2.10. The summed E-state index contributed by atoms with van der Waals surface area (Å²) in [5, 5.41) is 2.64. The number of nitrogens with zero attached hydrogens (tertiary/aromatic N) is 2. The van der Waals surface area contributed by atoms with E-state index in [1.807, 2.05) is 6.92 Å². The second-order valence-electron chi connectivity index (χ2n) is 3.79. The van der Waals surface area contributed by atoms with Gasteiger partial charge in [-0.05, 0) is 18.6 Å². The molecule has 96 valence electrons. The van der Waals surface area contributed by atoms with Crippen molar-refractivity contribution >= 4 is 11.6 Å².